The molecule has 0 aliphatic carbocycles. The number of aliphatic hydroxyl groups is 4. The van der Waals surface area contributed by atoms with Crippen LogP contribution in [0.5, 0.6) is 46.0 Å². The number of hydrogen-bond donors (Lipinski definition) is 8. The molecule has 4 fully saturated rings. The molecular weight excluding hydrogens is 1790 g/mol. The summed E-state index contributed by atoms with van der Waals surface area (Å²) in [5.74, 6) is 5.51. The van der Waals surface area contributed by atoms with Gasteiger partial charge in [-0.1, -0.05) is 6.42 Å². The van der Waals surface area contributed by atoms with Gasteiger partial charge in [0.25, 0.3) is 23.6 Å². The molecule has 0 bridgehead atoms. The SMILES string of the molecule is COc1c(OC[C@H](O)CN2CCC2)ccc2c3n(c(=NC(=O)c4cncs4)nc12)CCN3.COc1c(OC[C@H](O)CN2CCCC2)ccc2c3n(c(=NC(=O)c4cncs4)nc12)CCN3.COc1c(OC[C@H](O)CN2CCCC2)ccc2c3n(c(=NC(=O)c4scnc4C)nc12)CCN3.COc1c(OC[C@H](O)CN2CCCCC2)ccc2c3n(c(=NC(=O)c4cncs4)nc12)CCN3. The van der Waals surface area contributed by atoms with Crippen molar-refractivity contribution in [2.75, 3.05) is 181 Å². The Labute approximate surface area is 779 Å². The highest BCUT2D eigenvalue weighted by atomic mass is 32.1. The first-order valence-electron chi connectivity index (χ1n) is 44.4. The van der Waals surface area contributed by atoms with Crippen molar-refractivity contribution in [3.05, 3.63) is 137 Å². The molecular formula is C89H106N24O16S4. The van der Waals surface area contributed by atoms with E-state index in [1.54, 1.807) is 57.4 Å². The number of aryl methyl sites for hydroxylation is 1. The molecule has 0 unspecified atom stereocenters. The minimum absolute atomic E-state index is 0.149. The lowest BCUT2D eigenvalue weighted by molar-refractivity contribution is 0.0460. The van der Waals surface area contributed by atoms with Crippen molar-refractivity contribution < 1.29 is 77.5 Å². The van der Waals surface area contributed by atoms with Crippen molar-refractivity contribution in [3.8, 4) is 46.0 Å². The summed E-state index contributed by atoms with van der Waals surface area (Å²) in [7, 11) is 6.21. The number of amides is 4. The van der Waals surface area contributed by atoms with Crippen LogP contribution in [0.4, 0.5) is 23.3 Å². The second-order valence-corrected chi connectivity index (χ2v) is 36.3. The molecule has 4 saturated heterocycles. The molecule has 40 nitrogen and oxygen atoms in total. The predicted octanol–water partition coefficient (Wildman–Crippen LogP) is 6.32. The molecule has 16 heterocycles. The molecule has 0 spiro atoms. The van der Waals surface area contributed by atoms with E-state index in [0.29, 0.717) is 194 Å². The van der Waals surface area contributed by atoms with Gasteiger partial charge in [0.1, 0.15) is 116 Å². The first-order chi connectivity index (χ1) is 65.0. The number of benzene rings is 4. The molecule has 0 radical (unpaired) electrons. The van der Waals surface area contributed by atoms with Crippen LogP contribution in [0.2, 0.25) is 0 Å². The normalized spacial score (nSPS) is 17.2. The number of likely N-dealkylation sites (tertiary alicyclic amines) is 4. The summed E-state index contributed by atoms with van der Waals surface area (Å²) in [6.07, 6.45) is 11.6. The molecule has 0 saturated carbocycles. The second-order valence-electron chi connectivity index (χ2n) is 32.7. The first-order valence-corrected chi connectivity index (χ1v) is 47.9. The monoisotopic (exact) mass is 1890 g/mol. The Kier molecular flexibility index (Phi) is 30.2. The molecule has 12 aromatic rings. The standard InChI is InChI=1S/2C23H28N6O4S.C22H26N6O4S.C21H24N6O4S/c1-14-20(34-13-25-14)22(31)27-23-26-18-16(21-24-7-10-29(21)23)5-6-17(19(18)32-2)33-12-15(30)11-28-8-3-4-9-28;1-32-20-17(33-13-15(30)12-28-8-3-2-4-9-28)6-5-16-19(20)26-23(29-10-7-25-21(16)29)27-22(31)18-11-24-14-34-18;1-31-19-16(32-12-14(29)11-27-7-2-3-8-27)5-4-15-18(19)25-22(28-9-6-24-20(15)28)26-21(30)17-10-23-13-33-17;1-30-18-15(31-11-13(28)10-26-6-2-7-26)4-3-14-17(18)24-21(27-8-5-23-19(14)27)25-20(29)16-9-22-12-32-16/h5-6,13,15,24,30H,3-4,7-12H2,1-2H3;5-6,11,14-15,25,30H,2-4,7-10,12-13H2,1H3;4-5,10,13-14,24,29H,2-3,6-9,11-12H2,1H3;3-4,9,12-13,23,28H,2,5-8,10-11H2,1H3/t2*15-;14-;13-/m1111/s1. The highest BCUT2D eigenvalue weighted by Gasteiger charge is 2.30. The number of nitrogens with zero attached hydrogens (tertiary/aromatic N) is 20. The molecule has 4 amide bonds. The lowest BCUT2D eigenvalue weighted by atomic mass is 10.1. The number of hydrogen-bond acceptors (Lipinski definition) is 36. The third-order valence-corrected chi connectivity index (χ3v) is 26.9. The molecule has 20 rings (SSSR count). The Balaban J connectivity index is 0.000000124. The average molecular weight is 1900 g/mol. The van der Waals surface area contributed by atoms with Gasteiger partial charge in [-0.15, -0.1) is 45.3 Å². The van der Waals surface area contributed by atoms with Gasteiger partial charge in [-0.2, -0.15) is 20.0 Å². The average Bonchev–Trinajstić information content (AvgIpc) is 1.66. The van der Waals surface area contributed by atoms with E-state index < -0.39 is 24.4 Å². The van der Waals surface area contributed by atoms with Crippen molar-refractivity contribution in [1.82, 2.24) is 77.7 Å². The minimum atomic E-state index is -0.605. The number of anilines is 4. The van der Waals surface area contributed by atoms with Crippen molar-refractivity contribution in [1.29, 1.82) is 0 Å². The van der Waals surface area contributed by atoms with E-state index in [1.807, 2.05) is 66.8 Å². The summed E-state index contributed by atoms with van der Waals surface area (Å²) < 4.78 is 54.0. The topological polar surface area (TPSA) is 456 Å². The summed E-state index contributed by atoms with van der Waals surface area (Å²) in [6, 6.07) is 14.9. The molecule has 4 atom stereocenters. The van der Waals surface area contributed by atoms with Crippen LogP contribution in [0.25, 0.3) is 43.6 Å². The Morgan fingerprint density at radius 2 is 0.632 bits per heavy atom. The smallest absolute Gasteiger partial charge is 0.292 e. The fraction of sp³-hybridized carbons (Fsp3) is 0.461. The fourth-order valence-electron chi connectivity index (χ4n) is 17.2. The Bertz CT molecular complexity index is 6490. The molecule has 8 aliphatic rings. The van der Waals surface area contributed by atoms with Gasteiger partial charge in [0.15, 0.2) is 46.0 Å². The molecule has 8 aromatic heterocycles. The number of fused-ring (bicyclic) bond motifs is 12. The van der Waals surface area contributed by atoms with Crippen LogP contribution in [0.1, 0.15) is 95.7 Å². The van der Waals surface area contributed by atoms with Crippen molar-refractivity contribution in [3.63, 3.8) is 0 Å². The van der Waals surface area contributed by atoms with Crippen LogP contribution in [0, 0.1) is 6.92 Å². The minimum Gasteiger partial charge on any atom is -0.491 e. The van der Waals surface area contributed by atoms with Crippen molar-refractivity contribution in [2.45, 2.75) is 109 Å². The van der Waals surface area contributed by atoms with Crippen LogP contribution in [0.3, 0.4) is 0 Å². The third-order valence-electron chi connectivity index (χ3n) is 23.7. The van der Waals surface area contributed by atoms with E-state index in [1.165, 1.54) is 115 Å². The molecule has 702 valence electrons. The van der Waals surface area contributed by atoms with E-state index in [4.69, 9.17) is 47.9 Å². The number of β-amino-alcohol motifs (C(OH)–C–C–N with tert-alkyl or cyclic N) is 4. The maximum atomic E-state index is 12.8. The molecule has 8 aliphatic heterocycles. The summed E-state index contributed by atoms with van der Waals surface area (Å²) in [4.78, 5) is 113. The quantitative estimate of drug-likeness (QED) is 0.0266. The van der Waals surface area contributed by atoms with Crippen LogP contribution in [-0.2, 0) is 26.2 Å². The summed E-state index contributed by atoms with van der Waals surface area (Å²) in [5.41, 5.74) is 10.4. The number of methoxy groups -OCH3 is 4. The second kappa shape index (κ2) is 43.3. The number of piperidine rings is 1. The fourth-order valence-corrected chi connectivity index (χ4v) is 19.4. The van der Waals surface area contributed by atoms with Crippen molar-refractivity contribution >= 4 is 136 Å². The first kappa shape index (κ1) is 92.8. The molecule has 133 heavy (non-hydrogen) atoms. The van der Waals surface area contributed by atoms with Crippen LogP contribution in [0.15, 0.2) is 109 Å². The number of nitrogens with one attached hydrogen (secondary N) is 4. The van der Waals surface area contributed by atoms with Crippen LogP contribution in [-0.4, -0.2) is 306 Å². The number of thiazole rings is 4. The van der Waals surface area contributed by atoms with Gasteiger partial charge in [-0.05, 0) is 153 Å². The Morgan fingerprint density at radius 3 is 0.872 bits per heavy atom. The third kappa shape index (κ3) is 21.4. The van der Waals surface area contributed by atoms with Crippen LogP contribution < -0.4 is 81.6 Å². The van der Waals surface area contributed by atoms with Gasteiger partial charge in [0.2, 0.25) is 22.5 Å². The van der Waals surface area contributed by atoms with Crippen LogP contribution >= 0.6 is 45.3 Å². The molecule has 4 aromatic carbocycles. The largest absolute Gasteiger partial charge is 0.491 e. The Morgan fingerprint density at radius 1 is 0.361 bits per heavy atom. The van der Waals surface area contributed by atoms with Gasteiger partial charge in [-0.25, -0.2) is 24.9 Å². The zero-order chi connectivity index (χ0) is 92.0. The van der Waals surface area contributed by atoms with E-state index in [-0.39, 0.29) is 50.1 Å². The summed E-state index contributed by atoms with van der Waals surface area (Å²) >= 11 is 4.98. The molecule has 44 heteroatoms. The highest BCUT2D eigenvalue weighted by molar-refractivity contribution is 7.12. The van der Waals surface area contributed by atoms with E-state index in [2.05, 4.69) is 90.7 Å². The van der Waals surface area contributed by atoms with Gasteiger partial charge >= 0.3 is 0 Å². The van der Waals surface area contributed by atoms with Gasteiger partial charge in [-0.3, -0.25) is 52.4 Å². The number of carbonyl (C=O) groups excluding carboxylic acids is 4. The van der Waals surface area contributed by atoms with Crippen molar-refractivity contribution in [2.24, 2.45) is 20.0 Å². The lowest BCUT2D eigenvalue weighted by Crippen LogP contribution is -2.43. The van der Waals surface area contributed by atoms with Gasteiger partial charge < -0.3 is 99.2 Å². The van der Waals surface area contributed by atoms with E-state index >= 15 is 0 Å². The zero-order valence-electron chi connectivity index (χ0n) is 74.4. The zero-order valence-corrected chi connectivity index (χ0v) is 77.6. The van der Waals surface area contributed by atoms with E-state index in [0.717, 1.165) is 97.2 Å². The summed E-state index contributed by atoms with van der Waals surface area (Å²) in [5, 5.41) is 58.5. The molecule has 8 N–H and O–H groups in total. The maximum absolute atomic E-state index is 12.8. The number of aliphatic hydroxyl groups excluding tert-OH is 4. The van der Waals surface area contributed by atoms with Gasteiger partial charge in [0, 0.05) is 100 Å². The predicted molar refractivity (Wildman–Crippen MR) is 501 cm³/mol. The maximum Gasteiger partial charge on any atom is 0.292 e. The number of carbonyl (C=O) groups is 4. The highest BCUT2D eigenvalue weighted by Crippen LogP contribution is 2.42. The number of aromatic nitrogens is 12. The van der Waals surface area contributed by atoms with Gasteiger partial charge in [0.05, 0.1) is 74.8 Å². The Hall–Kier alpha value is -12.1. The summed E-state index contributed by atoms with van der Waals surface area (Å²) in [6.45, 7) is 18.3. The number of ether oxygens (including phenoxy) is 8. The lowest BCUT2D eigenvalue weighted by Gasteiger charge is -2.32. The number of rotatable bonds is 28. The van der Waals surface area contributed by atoms with E-state index in [9.17, 15) is 39.6 Å².